The maximum atomic E-state index is 15.2. The molecule has 2 saturated heterocycles. The van der Waals surface area contributed by atoms with Gasteiger partial charge in [0.25, 0.3) is 0 Å². The number of aliphatic imine (C=N–C) groups is 1. The summed E-state index contributed by atoms with van der Waals surface area (Å²) in [5.74, 6) is -6.75. The fraction of sp³-hybridized carbons (Fsp3) is 0.537. The molecule has 3 aliphatic heterocycles. The highest BCUT2D eigenvalue weighted by molar-refractivity contribution is 5.99. The van der Waals surface area contributed by atoms with Crippen molar-refractivity contribution >= 4 is 59.1 Å². The summed E-state index contributed by atoms with van der Waals surface area (Å²) >= 11 is 0. The summed E-state index contributed by atoms with van der Waals surface area (Å²) in [5.41, 5.74) is 20.7. The molecule has 0 aliphatic carbocycles. The van der Waals surface area contributed by atoms with Gasteiger partial charge in [-0.15, -0.1) is 0 Å². The van der Waals surface area contributed by atoms with Crippen molar-refractivity contribution in [3.63, 3.8) is 0 Å². The van der Waals surface area contributed by atoms with E-state index < -0.39 is 102 Å². The topological polar surface area (TPSA) is 373 Å². The van der Waals surface area contributed by atoms with Crippen molar-refractivity contribution in [2.45, 2.75) is 146 Å². The van der Waals surface area contributed by atoms with E-state index in [-0.39, 0.29) is 77.0 Å². The van der Waals surface area contributed by atoms with Crippen LogP contribution in [0.1, 0.15) is 99.6 Å². The molecule has 7 atom stereocenters. The van der Waals surface area contributed by atoms with Crippen LogP contribution < -0.4 is 54.4 Å². The number of nitrogens with one attached hydrogen (secondary N) is 8. The number of fused-ring (bicyclic) bond motifs is 2. The smallest absolute Gasteiger partial charge is 0.246 e. The lowest BCUT2D eigenvalue weighted by Gasteiger charge is -2.38. The third-order valence-corrected chi connectivity index (χ3v) is 14.1. The zero-order valence-electron chi connectivity index (χ0n) is 45.1. The van der Waals surface area contributed by atoms with Crippen LogP contribution in [-0.4, -0.2) is 161 Å². The summed E-state index contributed by atoms with van der Waals surface area (Å²) in [4.78, 5) is 142. The molecule has 1 aromatic heterocycles. The largest absolute Gasteiger partial charge is 0.379 e. The van der Waals surface area contributed by atoms with Gasteiger partial charge in [-0.05, 0) is 60.8 Å². The van der Waals surface area contributed by atoms with Gasteiger partial charge in [-0.3, -0.25) is 53.0 Å². The number of unbranched alkanes of at least 4 members (excludes halogenated alkanes) is 1. The Morgan fingerprint density at radius 2 is 1.49 bits per heavy atom. The number of carbonyl (C=O) groups excluding carboxylic acids is 9. The van der Waals surface area contributed by atoms with E-state index in [9.17, 15) is 33.6 Å². The van der Waals surface area contributed by atoms with E-state index in [1.807, 2.05) is 55.5 Å². The molecule has 3 aliphatic rings. The van der Waals surface area contributed by atoms with Gasteiger partial charge in [-0.2, -0.15) is 0 Å². The van der Waals surface area contributed by atoms with Crippen molar-refractivity contribution < 1.29 is 47.9 Å². The second-order valence-electron chi connectivity index (χ2n) is 20.2. The third-order valence-electron chi connectivity index (χ3n) is 14.1. The van der Waals surface area contributed by atoms with Crippen molar-refractivity contribution in [1.29, 1.82) is 0 Å². The van der Waals surface area contributed by atoms with E-state index in [2.05, 4.69) is 57.1 Å². The van der Waals surface area contributed by atoms with E-state index in [1.54, 1.807) is 0 Å². The second kappa shape index (κ2) is 30.3. The van der Waals surface area contributed by atoms with E-state index >= 15 is 9.59 Å². The number of morpholine rings is 1. The Hall–Kier alpha value is -7.93. The normalized spacial score (nSPS) is 22.7. The van der Waals surface area contributed by atoms with E-state index in [0.717, 1.165) is 29.8 Å². The highest BCUT2D eigenvalue weighted by Crippen LogP contribution is 2.26. The number of H-pyrrole nitrogens is 1. The van der Waals surface area contributed by atoms with Gasteiger partial charge < -0.3 is 69.0 Å². The fourth-order valence-electron chi connectivity index (χ4n) is 9.75. The highest BCUT2D eigenvalue weighted by Gasteiger charge is 2.40. The molecule has 6 rings (SSSR count). The molecule has 0 saturated carbocycles. The Kier molecular flexibility index (Phi) is 23.1. The highest BCUT2D eigenvalue weighted by atomic mass is 16.5. The molecule has 0 spiro atoms. The molecule has 0 unspecified atom stereocenters. The lowest BCUT2D eigenvalue weighted by Crippen LogP contribution is -2.62. The minimum absolute atomic E-state index is 0.0196. The number of primary amides is 1. The van der Waals surface area contributed by atoms with Gasteiger partial charge in [-0.25, -0.2) is 4.98 Å². The predicted molar refractivity (Wildman–Crippen MR) is 290 cm³/mol. The molecule has 0 radical (unpaired) electrons. The van der Waals surface area contributed by atoms with Crippen LogP contribution in [-0.2, 0) is 80.2 Å². The fourth-order valence-corrected chi connectivity index (χ4v) is 9.75. The molecule has 2 aromatic carbocycles. The number of hydrogen-bond acceptors (Lipinski definition) is 13. The molecule has 428 valence electrons. The van der Waals surface area contributed by atoms with Gasteiger partial charge in [-0.1, -0.05) is 68.3 Å². The average molecular weight is 1100 g/mol. The number of ether oxygens (including phenoxy) is 1. The number of guanidine groups is 1. The van der Waals surface area contributed by atoms with Gasteiger partial charge in [0, 0.05) is 77.3 Å². The van der Waals surface area contributed by atoms with Gasteiger partial charge in [0.15, 0.2) is 5.96 Å². The Morgan fingerprint density at radius 1 is 0.810 bits per heavy atom. The number of nitrogens with zero attached hydrogens (tertiary/aromatic N) is 4. The number of rotatable bonds is 17. The van der Waals surface area contributed by atoms with Crippen LogP contribution in [0.5, 0.6) is 0 Å². The van der Waals surface area contributed by atoms with Gasteiger partial charge in [0.2, 0.25) is 53.2 Å². The molecule has 3 aromatic rings. The van der Waals surface area contributed by atoms with Crippen LogP contribution >= 0.6 is 0 Å². The zero-order chi connectivity index (χ0) is 56.8. The summed E-state index contributed by atoms with van der Waals surface area (Å²) in [6.45, 7) is 6.67. The van der Waals surface area contributed by atoms with Crippen molar-refractivity contribution in [3.8, 4) is 0 Å². The molecule has 0 bridgehead atoms. The van der Waals surface area contributed by atoms with Gasteiger partial charge in [0.1, 0.15) is 42.3 Å². The summed E-state index contributed by atoms with van der Waals surface area (Å²) in [6.07, 6.45) is 4.30. The summed E-state index contributed by atoms with van der Waals surface area (Å²) in [5, 5.41) is 19.2. The molecule has 25 nitrogen and oxygen atoms in total. The monoisotopic (exact) mass is 1100 g/mol. The Morgan fingerprint density at radius 3 is 2.16 bits per heavy atom. The van der Waals surface area contributed by atoms with Crippen molar-refractivity contribution in [1.82, 2.24) is 57.0 Å². The maximum absolute atomic E-state index is 15.2. The average Bonchev–Trinajstić information content (AvgIpc) is 4.00. The number of aromatic nitrogens is 2. The molecule has 2 fully saturated rings. The van der Waals surface area contributed by atoms with Crippen LogP contribution in [0.15, 0.2) is 66.0 Å². The van der Waals surface area contributed by atoms with E-state index in [4.69, 9.17) is 21.9 Å². The second-order valence-corrected chi connectivity index (χ2v) is 20.2. The first-order valence-electron chi connectivity index (χ1n) is 27.1. The van der Waals surface area contributed by atoms with Crippen molar-refractivity contribution in [2.24, 2.45) is 22.2 Å². The first kappa shape index (κ1) is 60.3. The summed E-state index contributed by atoms with van der Waals surface area (Å²) in [6, 6.07) is 5.66. The number of carbonyl (C=O) groups is 9. The Bertz CT molecular complexity index is 2610. The van der Waals surface area contributed by atoms with Crippen LogP contribution in [0.2, 0.25) is 0 Å². The van der Waals surface area contributed by atoms with Crippen LogP contribution in [0.25, 0.3) is 0 Å². The maximum Gasteiger partial charge on any atom is 0.246 e. The predicted octanol–water partition coefficient (Wildman–Crippen LogP) is -1.67. The molecule has 25 heteroatoms. The Labute approximate surface area is 459 Å². The molecule has 4 heterocycles. The first-order chi connectivity index (χ1) is 38.0. The van der Waals surface area contributed by atoms with E-state index in [1.165, 1.54) is 24.3 Å². The van der Waals surface area contributed by atoms with Crippen LogP contribution in [0, 0.1) is 0 Å². The minimum Gasteiger partial charge on any atom is -0.379 e. The van der Waals surface area contributed by atoms with Crippen LogP contribution in [0.4, 0.5) is 0 Å². The number of amides is 9. The molecule has 14 N–H and O–H groups in total. The molecular weight excluding hydrogens is 1020 g/mol. The quantitative estimate of drug-likeness (QED) is 0.0409. The summed E-state index contributed by atoms with van der Waals surface area (Å²) in [7, 11) is 0. The number of imidazole rings is 1. The number of hydrogen-bond donors (Lipinski definition) is 11. The lowest BCUT2D eigenvalue weighted by molar-refractivity contribution is -0.145. The molecule has 9 amide bonds. The van der Waals surface area contributed by atoms with Crippen molar-refractivity contribution in [2.75, 3.05) is 39.4 Å². The minimum atomic E-state index is -1.58. The van der Waals surface area contributed by atoms with E-state index in [0.29, 0.717) is 50.3 Å². The standard InChI is InChI=1S/C54H77N15O10/c1-3-4-12-40(62-33(2)70)48(73)67-44-28-46(71)59-19-8-7-13-39(47(55)72)63-52(77)45-26-36-10-5-6-11-37(36)31-69(45)53(78)41(14-9-20-60-54(56)57)64-49(74)42(65-50(75)43(66-51(44)76)27-38-29-58-32-61-38)25-34-15-17-35(18-16-34)30-68-21-23-79-24-22-68/h5-6,10-11,15-18,29,32,39-45H,3-4,7-9,12-14,19-28,30-31H2,1-2H3,(H2,55,72)(H,58,61)(H,59,71)(H,62,70)(H,63,77)(H,64,74)(H,65,75)(H,66,76)(H,67,73)(H4,56,57,60)/t39-,40-,41-,42+,43-,44-,45-/m0/s1. The van der Waals surface area contributed by atoms with Crippen LogP contribution in [0.3, 0.4) is 0 Å². The Balaban J connectivity index is 1.40. The zero-order valence-corrected chi connectivity index (χ0v) is 45.1. The number of benzene rings is 2. The summed E-state index contributed by atoms with van der Waals surface area (Å²) < 4.78 is 5.51. The molecular formula is C54H77N15O10. The first-order valence-corrected chi connectivity index (χ1v) is 27.1. The van der Waals surface area contributed by atoms with Gasteiger partial charge in [0.05, 0.1) is 26.0 Å². The van der Waals surface area contributed by atoms with Crippen molar-refractivity contribution in [3.05, 3.63) is 89.0 Å². The molecule has 79 heavy (non-hydrogen) atoms. The number of nitrogens with two attached hydrogens (primary N) is 3. The SMILES string of the molecule is CCCC[C@H](NC(C)=O)C(=O)N[C@H]1CC(=O)NCCCC[C@@H](C(N)=O)NC(=O)[C@@H]2Cc3ccccc3CN2C(=O)[C@H](CCCN=C(N)N)NC(=O)[C@@H](Cc2ccc(CN3CCOCC3)cc2)NC(=O)[C@H](Cc2cnc[nH]2)NC1=O. The van der Waals surface area contributed by atoms with Gasteiger partial charge >= 0.3 is 0 Å². The number of aromatic amines is 1. The lowest BCUT2D eigenvalue weighted by atomic mass is 9.92. The third kappa shape index (κ3) is 18.9.